The Morgan fingerprint density at radius 1 is 1.29 bits per heavy atom. The lowest BCUT2D eigenvalue weighted by Crippen LogP contribution is -2.07. The number of anilines is 1. The second-order valence-corrected chi connectivity index (χ2v) is 5.30. The molecule has 0 atom stereocenters. The van der Waals surface area contributed by atoms with Crippen molar-refractivity contribution in [1.29, 1.82) is 0 Å². The SMILES string of the molecule is CCNc1nc(-c2ccncc2CC)nc(COC)c1Br. The largest absolute Gasteiger partial charge is 0.378 e. The van der Waals surface area contributed by atoms with Crippen molar-refractivity contribution < 1.29 is 4.74 Å². The third-order valence-corrected chi connectivity index (χ3v) is 3.90. The number of hydrogen-bond donors (Lipinski definition) is 1. The fraction of sp³-hybridized carbons (Fsp3) is 0.400. The van der Waals surface area contributed by atoms with Gasteiger partial charge in [0.1, 0.15) is 5.82 Å². The summed E-state index contributed by atoms with van der Waals surface area (Å²) < 4.78 is 6.08. The number of pyridine rings is 1. The van der Waals surface area contributed by atoms with Crippen molar-refractivity contribution in [2.45, 2.75) is 26.9 Å². The first-order valence-electron chi connectivity index (χ1n) is 6.93. The number of halogens is 1. The van der Waals surface area contributed by atoms with Gasteiger partial charge in [-0.2, -0.15) is 0 Å². The van der Waals surface area contributed by atoms with Crippen molar-refractivity contribution in [3.63, 3.8) is 0 Å². The third kappa shape index (κ3) is 3.57. The summed E-state index contributed by atoms with van der Waals surface area (Å²) in [6.45, 7) is 5.36. The van der Waals surface area contributed by atoms with Crippen LogP contribution < -0.4 is 5.32 Å². The zero-order valence-electron chi connectivity index (χ0n) is 12.5. The van der Waals surface area contributed by atoms with E-state index in [9.17, 15) is 0 Å². The van der Waals surface area contributed by atoms with Crippen molar-refractivity contribution in [1.82, 2.24) is 15.0 Å². The Bertz CT molecular complexity index is 591. The summed E-state index contributed by atoms with van der Waals surface area (Å²) in [4.78, 5) is 13.4. The van der Waals surface area contributed by atoms with Crippen LogP contribution in [0, 0.1) is 0 Å². The van der Waals surface area contributed by atoms with Crippen LogP contribution in [0.25, 0.3) is 11.4 Å². The lowest BCUT2D eigenvalue weighted by Gasteiger charge is -2.13. The molecule has 0 aliphatic heterocycles. The molecule has 0 saturated heterocycles. The van der Waals surface area contributed by atoms with Gasteiger partial charge < -0.3 is 10.1 Å². The van der Waals surface area contributed by atoms with E-state index >= 15 is 0 Å². The van der Waals surface area contributed by atoms with E-state index in [0.29, 0.717) is 12.4 Å². The van der Waals surface area contributed by atoms with E-state index in [-0.39, 0.29) is 0 Å². The maximum Gasteiger partial charge on any atom is 0.162 e. The number of nitrogens with zero attached hydrogens (tertiary/aromatic N) is 3. The summed E-state index contributed by atoms with van der Waals surface area (Å²) in [5, 5.41) is 3.25. The molecule has 0 aliphatic carbocycles. The van der Waals surface area contributed by atoms with Crippen molar-refractivity contribution in [3.05, 3.63) is 34.2 Å². The molecule has 0 unspecified atom stereocenters. The van der Waals surface area contributed by atoms with Gasteiger partial charge in [-0.1, -0.05) is 6.92 Å². The normalized spacial score (nSPS) is 10.7. The summed E-state index contributed by atoms with van der Waals surface area (Å²) in [6.07, 6.45) is 4.52. The van der Waals surface area contributed by atoms with Gasteiger partial charge in [0.15, 0.2) is 5.82 Å². The van der Waals surface area contributed by atoms with Crippen molar-refractivity contribution >= 4 is 21.7 Å². The molecule has 1 N–H and O–H groups in total. The average molecular weight is 351 g/mol. The first-order valence-corrected chi connectivity index (χ1v) is 7.73. The highest BCUT2D eigenvalue weighted by Crippen LogP contribution is 2.29. The van der Waals surface area contributed by atoms with E-state index in [1.165, 1.54) is 0 Å². The first kappa shape index (κ1) is 15.9. The van der Waals surface area contributed by atoms with Crippen molar-refractivity contribution in [2.24, 2.45) is 0 Å². The minimum Gasteiger partial charge on any atom is -0.378 e. The minimum absolute atomic E-state index is 0.432. The summed E-state index contributed by atoms with van der Waals surface area (Å²) in [7, 11) is 1.66. The highest BCUT2D eigenvalue weighted by Gasteiger charge is 2.14. The standard InChI is InChI=1S/C15H19BrN4O/c1-4-10-8-17-7-6-11(10)14-19-12(9-21-3)13(16)15(20-14)18-5-2/h6-8H,4-5,9H2,1-3H3,(H,18,19,20). The first-order chi connectivity index (χ1) is 10.2. The molecule has 0 aromatic carbocycles. The van der Waals surface area contributed by atoms with Crippen LogP contribution in [-0.2, 0) is 17.8 Å². The number of aromatic nitrogens is 3. The maximum atomic E-state index is 5.23. The number of methoxy groups -OCH3 is 1. The van der Waals surface area contributed by atoms with Crippen molar-refractivity contribution in [2.75, 3.05) is 19.0 Å². The Morgan fingerprint density at radius 3 is 2.76 bits per heavy atom. The molecule has 2 aromatic rings. The number of rotatable bonds is 6. The monoisotopic (exact) mass is 350 g/mol. The van der Waals surface area contributed by atoms with Gasteiger partial charge in [-0.25, -0.2) is 9.97 Å². The molecule has 2 aromatic heterocycles. The zero-order chi connectivity index (χ0) is 15.2. The van der Waals surface area contributed by atoms with Crippen LogP contribution in [0.3, 0.4) is 0 Å². The number of ether oxygens (including phenoxy) is 1. The molecular formula is C15H19BrN4O. The maximum absolute atomic E-state index is 5.23. The highest BCUT2D eigenvalue weighted by atomic mass is 79.9. The predicted octanol–water partition coefficient (Wildman–Crippen LogP) is 3.44. The van der Waals surface area contributed by atoms with E-state index in [1.54, 1.807) is 13.3 Å². The molecule has 2 rings (SSSR count). The van der Waals surface area contributed by atoms with Gasteiger partial charge in [0.05, 0.1) is 16.8 Å². The predicted molar refractivity (Wildman–Crippen MR) is 87.2 cm³/mol. The van der Waals surface area contributed by atoms with Gasteiger partial charge in [-0.3, -0.25) is 4.98 Å². The molecule has 112 valence electrons. The molecule has 0 amide bonds. The second kappa shape index (κ2) is 7.47. The van der Waals surface area contributed by atoms with Crippen LogP contribution >= 0.6 is 15.9 Å². The summed E-state index contributed by atoms with van der Waals surface area (Å²) in [5.41, 5.74) is 2.97. The quantitative estimate of drug-likeness (QED) is 0.864. The van der Waals surface area contributed by atoms with Gasteiger partial charge in [-0.05, 0) is 40.9 Å². The van der Waals surface area contributed by atoms with Gasteiger partial charge in [0, 0.05) is 31.6 Å². The number of hydrogen-bond acceptors (Lipinski definition) is 5. The van der Waals surface area contributed by atoms with Crippen LogP contribution in [-0.4, -0.2) is 28.6 Å². The smallest absolute Gasteiger partial charge is 0.162 e. The van der Waals surface area contributed by atoms with Gasteiger partial charge in [0.25, 0.3) is 0 Å². The highest BCUT2D eigenvalue weighted by molar-refractivity contribution is 9.10. The lowest BCUT2D eigenvalue weighted by atomic mass is 10.1. The molecule has 0 bridgehead atoms. The molecule has 0 aliphatic rings. The molecular weight excluding hydrogens is 332 g/mol. The van der Waals surface area contributed by atoms with Crippen LogP contribution in [0.4, 0.5) is 5.82 Å². The van der Waals surface area contributed by atoms with E-state index in [2.05, 4.69) is 43.1 Å². The minimum atomic E-state index is 0.432. The molecule has 0 saturated carbocycles. The van der Waals surface area contributed by atoms with E-state index in [0.717, 1.165) is 40.1 Å². The van der Waals surface area contributed by atoms with E-state index < -0.39 is 0 Å². The Morgan fingerprint density at radius 2 is 2.10 bits per heavy atom. The molecule has 6 heteroatoms. The Labute approximate surface area is 133 Å². The fourth-order valence-electron chi connectivity index (χ4n) is 2.06. The summed E-state index contributed by atoms with van der Waals surface area (Å²) in [6, 6.07) is 1.95. The Balaban J connectivity index is 2.57. The van der Waals surface area contributed by atoms with Crippen LogP contribution in [0.15, 0.2) is 22.9 Å². The Hall–Kier alpha value is -1.53. The zero-order valence-corrected chi connectivity index (χ0v) is 14.1. The molecule has 5 nitrogen and oxygen atoms in total. The van der Waals surface area contributed by atoms with Gasteiger partial charge >= 0.3 is 0 Å². The topological polar surface area (TPSA) is 59.9 Å². The lowest BCUT2D eigenvalue weighted by molar-refractivity contribution is 0.181. The second-order valence-electron chi connectivity index (χ2n) is 4.51. The van der Waals surface area contributed by atoms with E-state index in [4.69, 9.17) is 4.74 Å². The molecule has 2 heterocycles. The van der Waals surface area contributed by atoms with E-state index in [1.807, 2.05) is 19.2 Å². The third-order valence-electron chi connectivity index (χ3n) is 3.07. The number of aryl methyl sites for hydroxylation is 1. The molecule has 0 fully saturated rings. The van der Waals surface area contributed by atoms with Crippen LogP contribution in [0.5, 0.6) is 0 Å². The van der Waals surface area contributed by atoms with Crippen molar-refractivity contribution in [3.8, 4) is 11.4 Å². The number of nitrogens with one attached hydrogen (secondary N) is 1. The van der Waals surface area contributed by atoms with Crippen LogP contribution in [0.2, 0.25) is 0 Å². The Kier molecular flexibility index (Phi) is 5.64. The summed E-state index contributed by atoms with van der Waals surface area (Å²) >= 11 is 3.55. The summed E-state index contributed by atoms with van der Waals surface area (Å²) in [5.74, 6) is 1.48. The average Bonchev–Trinajstić information content (AvgIpc) is 2.51. The fourth-order valence-corrected chi connectivity index (χ4v) is 2.49. The molecule has 0 spiro atoms. The molecule has 21 heavy (non-hydrogen) atoms. The van der Waals surface area contributed by atoms with Gasteiger partial charge in [0.2, 0.25) is 0 Å². The van der Waals surface area contributed by atoms with Crippen LogP contribution in [0.1, 0.15) is 25.1 Å². The van der Waals surface area contributed by atoms with Gasteiger partial charge in [-0.15, -0.1) is 0 Å². The molecule has 0 radical (unpaired) electrons.